The van der Waals surface area contributed by atoms with Gasteiger partial charge in [0.15, 0.2) is 0 Å². The van der Waals surface area contributed by atoms with Crippen LogP contribution in [0.5, 0.6) is 0 Å². The van der Waals surface area contributed by atoms with Crippen molar-refractivity contribution in [1.82, 2.24) is 4.72 Å². The van der Waals surface area contributed by atoms with Gasteiger partial charge in [-0.3, -0.25) is 4.79 Å². The van der Waals surface area contributed by atoms with Gasteiger partial charge >= 0.3 is 5.97 Å². The summed E-state index contributed by atoms with van der Waals surface area (Å²) in [5, 5.41) is 7.98. The molecule has 78 valence electrons. The number of rotatable bonds is 5. The first kappa shape index (κ1) is 12.4. The van der Waals surface area contributed by atoms with Crippen molar-refractivity contribution in [2.75, 3.05) is 0 Å². The van der Waals surface area contributed by atoms with Crippen LogP contribution in [0, 0.1) is 0 Å². The fraction of sp³-hybridized carbons (Fsp3) is 0.857. The second-order valence-electron chi connectivity index (χ2n) is 3.01. The first-order chi connectivity index (χ1) is 5.81. The maximum Gasteiger partial charge on any atom is 0.321 e. The maximum atomic E-state index is 11.2. The Balaban J connectivity index is 4.50. The summed E-state index contributed by atoms with van der Waals surface area (Å²) < 4.78 is 24.6. The number of aliphatic carboxylic acids is 1. The lowest BCUT2D eigenvalue weighted by Crippen LogP contribution is -2.43. The summed E-state index contributed by atoms with van der Waals surface area (Å²) in [5.74, 6) is -1.15. The lowest BCUT2D eigenvalue weighted by atomic mass is 10.2. The number of carbonyl (C=O) groups is 1. The van der Waals surface area contributed by atoms with E-state index in [1.807, 2.05) is 0 Å². The topological polar surface area (TPSA) is 83.5 Å². The van der Waals surface area contributed by atoms with Gasteiger partial charge < -0.3 is 5.11 Å². The third-order valence-electron chi connectivity index (χ3n) is 1.63. The molecule has 5 nitrogen and oxygen atoms in total. The number of carboxylic acid groups (broad SMARTS) is 1. The molecule has 0 radical (unpaired) electrons. The Hall–Kier alpha value is -0.620. The first-order valence-corrected chi connectivity index (χ1v) is 5.59. The third kappa shape index (κ3) is 3.73. The molecule has 0 saturated heterocycles. The molecule has 13 heavy (non-hydrogen) atoms. The van der Waals surface area contributed by atoms with Gasteiger partial charge in [-0.2, -0.15) is 0 Å². The Bertz CT molecular complexity index is 270. The van der Waals surface area contributed by atoms with Gasteiger partial charge in [-0.25, -0.2) is 13.1 Å². The van der Waals surface area contributed by atoms with Crippen LogP contribution in [-0.2, 0) is 14.8 Å². The molecule has 0 fully saturated rings. The van der Waals surface area contributed by atoms with Gasteiger partial charge in [-0.1, -0.05) is 6.92 Å². The predicted octanol–water partition coefficient (Wildman–Crippen LogP) is 0.177. The standard InChI is InChI=1S/C7H15NO4S/c1-4-6(7(9)10)8-13(11,12)5(2)3/h5-6,8H,4H2,1-3H3,(H,9,10)/t6-/m1/s1. The van der Waals surface area contributed by atoms with Gasteiger partial charge in [0, 0.05) is 0 Å². The number of hydrogen-bond donors (Lipinski definition) is 2. The second kappa shape index (κ2) is 4.57. The molecule has 1 atom stereocenters. The minimum absolute atomic E-state index is 0.237. The van der Waals surface area contributed by atoms with Crippen molar-refractivity contribution in [2.24, 2.45) is 0 Å². The van der Waals surface area contributed by atoms with Crippen LogP contribution in [0.15, 0.2) is 0 Å². The Labute approximate surface area is 78.2 Å². The van der Waals surface area contributed by atoms with E-state index >= 15 is 0 Å². The van der Waals surface area contributed by atoms with Crippen molar-refractivity contribution in [3.63, 3.8) is 0 Å². The molecule has 0 amide bonds. The molecule has 0 saturated carbocycles. The molecule has 6 heteroatoms. The number of carboxylic acids is 1. The second-order valence-corrected chi connectivity index (χ2v) is 5.28. The van der Waals surface area contributed by atoms with E-state index in [9.17, 15) is 13.2 Å². The Kier molecular flexibility index (Phi) is 4.35. The zero-order valence-corrected chi connectivity index (χ0v) is 8.76. The summed E-state index contributed by atoms with van der Waals surface area (Å²) in [4.78, 5) is 10.5. The van der Waals surface area contributed by atoms with Gasteiger partial charge in [-0.15, -0.1) is 0 Å². The van der Waals surface area contributed by atoms with Crippen molar-refractivity contribution in [3.8, 4) is 0 Å². The van der Waals surface area contributed by atoms with Crippen LogP contribution in [0.3, 0.4) is 0 Å². The first-order valence-electron chi connectivity index (χ1n) is 4.05. The van der Waals surface area contributed by atoms with Crippen LogP contribution in [0.4, 0.5) is 0 Å². The van der Waals surface area contributed by atoms with Crippen molar-refractivity contribution >= 4 is 16.0 Å². The van der Waals surface area contributed by atoms with Gasteiger partial charge in [0.2, 0.25) is 10.0 Å². The molecule has 0 aliphatic carbocycles. The highest BCUT2D eigenvalue weighted by Gasteiger charge is 2.24. The molecule has 0 unspecified atom stereocenters. The molecular weight excluding hydrogens is 194 g/mol. The Morgan fingerprint density at radius 1 is 1.46 bits per heavy atom. The SMILES string of the molecule is CC[C@@H](NS(=O)(=O)C(C)C)C(=O)O. The van der Waals surface area contributed by atoms with Gasteiger partial charge in [-0.05, 0) is 20.3 Å². The smallest absolute Gasteiger partial charge is 0.321 e. The zero-order chi connectivity index (χ0) is 10.6. The minimum Gasteiger partial charge on any atom is -0.480 e. The average Bonchev–Trinajstić information content (AvgIpc) is 1.99. The predicted molar refractivity (Wildman–Crippen MR) is 48.9 cm³/mol. The summed E-state index contributed by atoms with van der Waals surface area (Å²) in [5.41, 5.74) is 0. The van der Waals surface area contributed by atoms with E-state index in [0.717, 1.165) is 0 Å². The highest BCUT2D eigenvalue weighted by molar-refractivity contribution is 7.90. The van der Waals surface area contributed by atoms with E-state index in [2.05, 4.69) is 4.72 Å². The minimum atomic E-state index is -3.49. The molecule has 0 aliphatic rings. The van der Waals surface area contributed by atoms with E-state index in [4.69, 9.17) is 5.11 Å². The maximum absolute atomic E-state index is 11.2. The van der Waals surface area contributed by atoms with Crippen LogP contribution in [0.1, 0.15) is 27.2 Å². The normalized spacial score (nSPS) is 14.5. The number of nitrogens with one attached hydrogen (secondary N) is 1. The van der Waals surface area contributed by atoms with Crippen LogP contribution in [0.25, 0.3) is 0 Å². The van der Waals surface area contributed by atoms with Crippen LogP contribution < -0.4 is 4.72 Å². The van der Waals surface area contributed by atoms with Gasteiger partial charge in [0.05, 0.1) is 5.25 Å². The molecular formula is C7H15NO4S. The number of sulfonamides is 1. The Morgan fingerprint density at radius 3 is 2.15 bits per heavy atom. The van der Waals surface area contributed by atoms with Gasteiger partial charge in [0.1, 0.15) is 6.04 Å². The molecule has 0 bridgehead atoms. The fourth-order valence-corrected chi connectivity index (χ4v) is 1.58. The fourth-order valence-electron chi connectivity index (χ4n) is 0.643. The molecule has 0 aromatic rings. The average molecular weight is 209 g/mol. The van der Waals surface area contributed by atoms with E-state index < -0.39 is 27.3 Å². The molecule has 0 aromatic heterocycles. The van der Waals surface area contributed by atoms with Crippen LogP contribution >= 0.6 is 0 Å². The van der Waals surface area contributed by atoms with Crippen molar-refractivity contribution in [3.05, 3.63) is 0 Å². The number of hydrogen-bond acceptors (Lipinski definition) is 3. The lowest BCUT2D eigenvalue weighted by Gasteiger charge is -2.14. The van der Waals surface area contributed by atoms with E-state index in [0.29, 0.717) is 0 Å². The van der Waals surface area contributed by atoms with E-state index in [1.54, 1.807) is 6.92 Å². The van der Waals surface area contributed by atoms with Crippen molar-refractivity contribution in [2.45, 2.75) is 38.5 Å². The summed E-state index contributed by atoms with van der Waals surface area (Å²) in [6, 6.07) is -1.02. The molecule has 0 aromatic carbocycles. The van der Waals surface area contributed by atoms with Crippen LogP contribution in [-0.4, -0.2) is 30.8 Å². The largest absolute Gasteiger partial charge is 0.480 e. The highest BCUT2D eigenvalue weighted by atomic mass is 32.2. The summed E-state index contributed by atoms with van der Waals surface area (Å²) in [6.45, 7) is 4.61. The molecule has 0 aliphatic heterocycles. The Morgan fingerprint density at radius 2 is 1.92 bits per heavy atom. The molecule has 0 rings (SSSR count). The monoisotopic (exact) mass is 209 g/mol. The van der Waals surface area contributed by atoms with Crippen molar-refractivity contribution < 1.29 is 18.3 Å². The quantitative estimate of drug-likeness (QED) is 0.676. The molecule has 2 N–H and O–H groups in total. The molecule has 0 spiro atoms. The molecule has 0 heterocycles. The summed E-state index contributed by atoms with van der Waals surface area (Å²) in [7, 11) is -3.49. The highest BCUT2D eigenvalue weighted by Crippen LogP contribution is 2.00. The summed E-state index contributed by atoms with van der Waals surface area (Å²) in [6.07, 6.45) is 0.237. The summed E-state index contributed by atoms with van der Waals surface area (Å²) >= 11 is 0. The zero-order valence-electron chi connectivity index (χ0n) is 7.94. The van der Waals surface area contributed by atoms with Crippen molar-refractivity contribution in [1.29, 1.82) is 0 Å². The van der Waals surface area contributed by atoms with E-state index in [-0.39, 0.29) is 6.42 Å². The van der Waals surface area contributed by atoms with Gasteiger partial charge in [0.25, 0.3) is 0 Å². The van der Waals surface area contributed by atoms with E-state index in [1.165, 1.54) is 13.8 Å². The third-order valence-corrected chi connectivity index (χ3v) is 3.49. The van der Waals surface area contributed by atoms with Crippen LogP contribution in [0.2, 0.25) is 0 Å². The lowest BCUT2D eigenvalue weighted by molar-refractivity contribution is -0.139.